The molecule has 3 rings (SSSR count). The first-order valence-corrected chi connectivity index (χ1v) is 8.60. The van der Waals surface area contributed by atoms with E-state index in [0.29, 0.717) is 17.4 Å². The minimum atomic E-state index is -0.407. The third kappa shape index (κ3) is 3.02. The number of hydrogen-bond donors (Lipinski definition) is 2. The average Bonchev–Trinajstić information content (AvgIpc) is 3.05. The first-order valence-electron chi connectivity index (χ1n) is 8.19. The molecule has 1 aliphatic rings. The van der Waals surface area contributed by atoms with Crippen molar-refractivity contribution in [1.82, 2.24) is 14.8 Å². The number of amides is 2. The highest BCUT2D eigenvalue weighted by molar-refractivity contribution is 7.80. The lowest BCUT2D eigenvalue weighted by molar-refractivity contribution is -0.122. The average molecular weight is 356 g/mol. The van der Waals surface area contributed by atoms with E-state index < -0.39 is 5.91 Å². The van der Waals surface area contributed by atoms with Crippen LogP contribution in [0.2, 0.25) is 0 Å². The Morgan fingerprint density at radius 1 is 1.36 bits per heavy atom. The molecule has 6 nitrogen and oxygen atoms in total. The molecule has 7 heteroatoms. The first-order chi connectivity index (χ1) is 12.0. The summed E-state index contributed by atoms with van der Waals surface area (Å²) in [5, 5.41) is 4.35. The number of likely N-dealkylation sites (N-methyl/N-ethyl adjacent to an activating group) is 1. The summed E-state index contributed by atoms with van der Waals surface area (Å²) in [7, 11) is 0. The van der Waals surface area contributed by atoms with E-state index in [1.54, 1.807) is 6.08 Å². The highest BCUT2D eigenvalue weighted by Gasteiger charge is 2.29. The number of nitrogens with zero attached hydrogens (tertiary/aromatic N) is 2. The molecule has 0 spiro atoms. The zero-order chi connectivity index (χ0) is 18.1. The molecule has 0 atom stereocenters. The maximum atomic E-state index is 12.4. The molecule has 2 aromatic rings. The molecule has 1 saturated heterocycles. The summed E-state index contributed by atoms with van der Waals surface area (Å²) < 4.78 is 1.85. The summed E-state index contributed by atoms with van der Waals surface area (Å²) in [6.07, 6.45) is 4.47. The summed E-state index contributed by atoms with van der Waals surface area (Å²) in [5.74, 6) is -0.551. The standard InChI is InChI=1S/C18H20N4O2S/c1-3-11-6-5-7-13-12(9-21(16(11)13)10-15(19)23)8-14-17(24)22(4-2)18(25)20-14/h5-9H,3-4,10H2,1-2H3,(H2,19,23)(H,20,25). The van der Waals surface area contributed by atoms with Gasteiger partial charge in [0, 0.05) is 23.7 Å². The number of fused-ring (bicyclic) bond motifs is 1. The van der Waals surface area contributed by atoms with Crippen molar-refractivity contribution in [2.24, 2.45) is 5.73 Å². The zero-order valence-electron chi connectivity index (χ0n) is 14.2. The van der Waals surface area contributed by atoms with Gasteiger partial charge in [-0.1, -0.05) is 25.1 Å². The van der Waals surface area contributed by atoms with Gasteiger partial charge in [0.2, 0.25) is 5.91 Å². The van der Waals surface area contributed by atoms with E-state index in [9.17, 15) is 9.59 Å². The lowest BCUT2D eigenvalue weighted by Crippen LogP contribution is -2.30. The van der Waals surface area contributed by atoms with Crippen LogP contribution in [0.3, 0.4) is 0 Å². The molecular weight excluding hydrogens is 336 g/mol. The van der Waals surface area contributed by atoms with E-state index in [1.807, 2.05) is 35.9 Å². The van der Waals surface area contributed by atoms with Crippen LogP contribution in [0.1, 0.15) is 25.0 Å². The van der Waals surface area contributed by atoms with Crippen LogP contribution in [0, 0.1) is 0 Å². The van der Waals surface area contributed by atoms with E-state index in [2.05, 4.69) is 12.2 Å². The number of thiocarbonyl (C=S) groups is 1. The summed E-state index contributed by atoms with van der Waals surface area (Å²) in [5.41, 5.74) is 8.77. The second-order valence-corrected chi connectivity index (χ2v) is 6.27. The molecule has 0 aliphatic carbocycles. The second kappa shape index (κ2) is 6.68. The highest BCUT2D eigenvalue weighted by Crippen LogP contribution is 2.27. The molecule has 1 aromatic carbocycles. The zero-order valence-corrected chi connectivity index (χ0v) is 15.0. The van der Waals surface area contributed by atoms with Gasteiger partial charge in [0.15, 0.2) is 5.11 Å². The predicted octanol–water partition coefficient (Wildman–Crippen LogP) is 1.77. The smallest absolute Gasteiger partial charge is 0.276 e. The van der Waals surface area contributed by atoms with Crippen molar-refractivity contribution in [1.29, 1.82) is 0 Å². The number of carbonyl (C=O) groups is 2. The number of nitrogens with two attached hydrogens (primary N) is 1. The Balaban J connectivity index is 2.14. The Hall–Kier alpha value is -2.67. The van der Waals surface area contributed by atoms with E-state index in [1.165, 1.54) is 4.90 Å². The largest absolute Gasteiger partial charge is 0.368 e. The van der Waals surface area contributed by atoms with Crippen molar-refractivity contribution in [3.05, 3.63) is 41.2 Å². The van der Waals surface area contributed by atoms with Gasteiger partial charge < -0.3 is 15.6 Å². The minimum absolute atomic E-state index is 0.0948. The van der Waals surface area contributed by atoms with Crippen molar-refractivity contribution < 1.29 is 9.59 Å². The fraction of sp³-hybridized carbons (Fsp3) is 0.278. The van der Waals surface area contributed by atoms with Gasteiger partial charge in [-0.2, -0.15) is 0 Å². The SMILES string of the molecule is CCc1cccc2c(C=C3NC(=S)N(CC)C3=O)cn(CC(N)=O)c12. The molecule has 2 amide bonds. The van der Waals surface area contributed by atoms with Crippen LogP contribution in [0.15, 0.2) is 30.1 Å². The maximum Gasteiger partial charge on any atom is 0.276 e. The quantitative estimate of drug-likeness (QED) is 0.632. The van der Waals surface area contributed by atoms with Crippen molar-refractivity contribution in [2.45, 2.75) is 26.8 Å². The Bertz CT molecular complexity index is 913. The number of aromatic nitrogens is 1. The van der Waals surface area contributed by atoms with Gasteiger partial charge in [-0.3, -0.25) is 14.5 Å². The third-order valence-corrected chi connectivity index (χ3v) is 4.62. The van der Waals surface area contributed by atoms with E-state index in [0.717, 1.165) is 28.5 Å². The van der Waals surface area contributed by atoms with Crippen LogP contribution in [0.25, 0.3) is 17.0 Å². The number of primary amides is 1. The van der Waals surface area contributed by atoms with Gasteiger partial charge in [-0.15, -0.1) is 0 Å². The molecular formula is C18H20N4O2S. The fourth-order valence-electron chi connectivity index (χ4n) is 3.17. The van der Waals surface area contributed by atoms with Gasteiger partial charge in [0.05, 0.1) is 5.52 Å². The number of benzene rings is 1. The van der Waals surface area contributed by atoms with Crippen LogP contribution in [-0.2, 0) is 22.6 Å². The third-order valence-electron chi connectivity index (χ3n) is 4.30. The number of rotatable bonds is 5. The number of para-hydroxylation sites is 1. The van der Waals surface area contributed by atoms with Crippen molar-refractivity contribution in [3.63, 3.8) is 0 Å². The van der Waals surface area contributed by atoms with Crippen LogP contribution in [0.5, 0.6) is 0 Å². The second-order valence-electron chi connectivity index (χ2n) is 5.88. The van der Waals surface area contributed by atoms with E-state index in [4.69, 9.17) is 18.0 Å². The maximum absolute atomic E-state index is 12.4. The van der Waals surface area contributed by atoms with Crippen LogP contribution in [0.4, 0.5) is 0 Å². The Morgan fingerprint density at radius 3 is 2.72 bits per heavy atom. The molecule has 1 fully saturated rings. The van der Waals surface area contributed by atoms with Crippen LogP contribution in [-0.4, -0.2) is 32.9 Å². The predicted molar refractivity (Wildman–Crippen MR) is 102 cm³/mol. The topological polar surface area (TPSA) is 80.4 Å². The number of hydrogen-bond acceptors (Lipinski definition) is 3. The fourth-order valence-corrected chi connectivity index (χ4v) is 3.49. The van der Waals surface area contributed by atoms with E-state index >= 15 is 0 Å². The van der Waals surface area contributed by atoms with Gasteiger partial charge in [0.25, 0.3) is 5.91 Å². The summed E-state index contributed by atoms with van der Waals surface area (Å²) >= 11 is 5.19. The summed E-state index contributed by atoms with van der Waals surface area (Å²) in [4.78, 5) is 25.4. The lowest BCUT2D eigenvalue weighted by Gasteiger charge is -2.08. The molecule has 0 saturated carbocycles. The molecule has 0 bridgehead atoms. The van der Waals surface area contributed by atoms with Gasteiger partial charge in [-0.25, -0.2) is 0 Å². The monoisotopic (exact) mass is 356 g/mol. The molecule has 0 radical (unpaired) electrons. The molecule has 1 aromatic heterocycles. The molecule has 3 N–H and O–H groups in total. The van der Waals surface area contributed by atoms with Gasteiger partial charge in [0.1, 0.15) is 12.2 Å². The highest BCUT2D eigenvalue weighted by atomic mass is 32.1. The Labute approximate surface area is 151 Å². The first kappa shape index (κ1) is 17.2. The van der Waals surface area contributed by atoms with Crippen molar-refractivity contribution in [3.8, 4) is 0 Å². The van der Waals surface area contributed by atoms with Gasteiger partial charge >= 0.3 is 0 Å². The molecule has 2 heterocycles. The molecule has 1 aliphatic heterocycles. The molecule has 25 heavy (non-hydrogen) atoms. The molecule has 0 unspecified atom stereocenters. The number of nitrogens with one attached hydrogen (secondary N) is 1. The van der Waals surface area contributed by atoms with Gasteiger partial charge in [-0.05, 0) is 37.2 Å². The van der Waals surface area contributed by atoms with E-state index in [-0.39, 0.29) is 12.5 Å². The summed E-state index contributed by atoms with van der Waals surface area (Å²) in [6, 6.07) is 5.99. The Kier molecular flexibility index (Phi) is 4.59. The van der Waals surface area contributed by atoms with Crippen LogP contribution < -0.4 is 11.1 Å². The van der Waals surface area contributed by atoms with Crippen molar-refractivity contribution in [2.75, 3.05) is 6.54 Å². The lowest BCUT2D eigenvalue weighted by atomic mass is 10.1. The van der Waals surface area contributed by atoms with Crippen molar-refractivity contribution >= 4 is 46.1 Å². The van der Waals surface area contributed by atoms with Crippen LogP contribution >= 0.6 is 12.2 Å². The number of aryl methyl sites for hydroxylation is 1. The summed E-state index contributed by atoms with van der Waals surface area (Å²) in [6.45, 7) is 4.55. The minimum Gasteiger partial charge on any atom is -0.368 e. The number of carbonyl (C=O) groups excluding carboxylic acids is 2. The Morgan fingerprint density at radius 2 is 2.12 bits per heavy atom. The normalized spacial score (nSPS) is 16.1. The molecule has 130 valence electrons.